The fourth-order valence-corrected chi connectivity index (χ4v) is 3.38. The number of anilines is 1. The average molecular weight is 344 g/mol. The smallest absolute Gasteiger partial charge is 0.334 e. The summed E-state index contributed by atoms with van der Waals surface area (Å²) in [6, 6.07) is 9.81. The van der Waals surface area contributed by atoms with Gasteiger partial charge in [-0.2, -0.15) is 5.10 Å². The highest BCUT2D eigenvalue weighted by Gasteiger charge is 2.31. The van der Waals surface area contributed by atoms with E-state index in [0.29, 0.717) is 30.5 Å². The summed E-state index contributed by atoms with van der Waals surface area (Å²) in [6.07, 6.45) is 2.47. The van der Waals surface area contributed by atoms with Crippen LogP contribution in [0.2, 0.25) is 0 Å². The van der Waals surface area contributed by atoms with Crippen molar-refractivity contribution in [2.45, 2.75) is 26.2 Å². The topological polar surface area (TPSA) is 73.4 Å². The Morgan fingerprint density at radius 1 is 1.28 bits per heavy atom. The molecule has 3 rings (SSSR count). The van der Waals surface area contributed by atoms with Gasteiger partial charge in [-0.25, -0.2) is 4.68 Å². The average Bonchev–Trinajstić information content (AvgIpc) is 2.98. The second-order valence-electron chi connectivity index (χ2n) is 6.41. The highest BCUT2D eigenvalue weighted by Crippen LogP contribution is 2.34. The maximum Gasteiger partial charge on any atom is 0.334 e. The molecule has 0 unspecified atom stereocenters. The lowest BCUT2D eigenvalue weighted by atomic mass is 9.97. The number of nitrogens with zero attached hydrogens (tertiary/aromatic N) is 4. The van der Waals surface area contributed by atoms with Crippen molar-refractivity contribution in [1.82, 2.24) is 9.78 Å². The van der Waals surface area contributed by atoms with Gasteiger partial charge in [0.1, 0.15) is 11.4 Å². The number of nitro groups is 1. The molecule has 0 bridgehead atoms. The summed E-state index contributed by atoms with van der Waals surface area (Å²) in [5.41, 5.74) is 0.709. The normalized spacial score (nSPS) is 15.4. The first kappa shape index (κ1) is 17.3. The number of hydrogen-bond acceptors (Lipinski definition) is 5. The van der Waals surface area contributed by atoms with Crippen molar-refractivity contribution in [3.63, 3.8) is 0 Å². The fourth-order valence-electron chi connectivity index (χ4n) is 3.38. The molecule has 1 aliphatic rings. The molecule has 1 saturated heterocycles. The Balaban J connectivity index is 1.63. The minimum atomic E-state index is -0.300. The van der Waals surface area contributed by atoms with Gasteiger partial charge in [-0.05, 0) is 37.3 Å². The van der Waals surface area contributed by atoms with E-state index in [9.17, 15) is 10.1 Å². The van der Waals surface area contributed by atoms with Crippen molar-refractivity contribution in [2.75, 3.05) is 24.6 Å². The van der Waals surface area contributed by atoms with Gasteiger partial charge in [0.05, 0.1) is 11.5 Å². The third-order valence-corrected chi connectivity index (χ3v) is 4.72. The summed E-state index contributed by atoms with van der Waals surface area (Å²) < 4.78 is 7.50. The molecule has 1 aromatic carbocycles. The maximum absolute atomic E-state index is 11.5. The summed E-state index contributed by atoms with van der Waals surface area (Å²) in [6.45, 7) is 4.15. The second kappa shape index (κ2) is 7.55. The predicted octanol–water partition coefficient (Wildman–Crippen LogP) is 3.19. The summed E-state index contributed by atoms with van der Waals surface area (Å²) in [5, 5.41) is 15.8. The van der Waals surface area contributed by atoms with Crippen molar-refractivity contribution in [2.24, 2.45) is 13.0 Å². The van der Waals surface area contributed by atoms with Crippen LogP contribution in [0, 0.1) is 16.0 Å². The summed E-state index contributed by atoms with van der Waals surface area (Å²) in [5.74, 6) is 1.98. The molecule has 0 N–H and O–H groups in total. The number of rotatable bonds is 6. The Bertz CT molecular complexity index is 721. The molecule has 134 valence electrons. The summed E-state index contributed by atoms with van der Waals surface area (Å²) in [7, 11) is 1.78. The van der Waals surface area contributed by atoms with Gasteiger partial charge >= 0.3 is 5.69 Å². The molecule has 0 amide bonds. The molecule has 0 saturated carbocycles. The minimum Gasteiger partial charge on any atom is -0.493 e. The molecule has 7 heteroatoms. The second-order valence-corrected chi connectivity index (χ2v) is 6.41. The number of benzene rings is 1. The van der Waals surface area contributed by atoms with Gasteiger partial charge in [-0.15, -0.1) is 0 Å². The SMILES string of the molecule is CCc1nn(C)c(N2CCC(COc3ccccc3)CC2)c1[N+](=O)[O-]. The monoisotopic (exact) mass is 344 g/mol. The van der Waals surface area contributed by atoms with Gasteiger partial charge < -0.3 is 9.64 Å². The molecule has 2 aromatic rings. The summed E-state index contributed by atoms with van der Waals surface area (Å²) in [4.78, 5) is 13.3. The van der Waals surface area contributed by atoms with Gasteiger partial charge in [0.25, 0.3) is 0 Å². The molecule has 0 radical (unpaired) electrons. The van der Waals surface area contributed by atoms with Crippen LogP contribution in [0.15, 0.2) is 30.3 Å². The maximum atomic E-state index is 11.5. The van der Waals surface area contributed by atoms with E-state index in [-0.39, 0.29) is 10.6 Å². The number of hydrogen-bond donors (Lipinski definition) is 0. The van der Waals surface area contributed by atoms with Gasteiger partial charge in [0.15, 0.2) is 0 Å². The molecular weight excluding hydrogens is 320 g/mol. The molecule has 1 aromatic heterocycles. The number of piperidine rings is 1. The molecule has 7 nitrogen and oxygen atoms in total. The van der Waals surface area contributed by atoms with Gasteiger partial charge in [-0.1, -0.05) is 25.1 Å². The van der Waals surface area contributed by atoms with Crippen LogP contribution in [0.25, 0.3) is 0 Å². The van der Waals surface area contributed by atoms with Crippen LogP contribution < -0.4 is 9.64 Å². The lowest BCUT2D eigenvalue weighted by Crippen LogP contribution is -2.37. The van der Waals surface area contributed by atoms with Crippen LogP contribution in [0.3, 0.4) is 0 Å². The van der Waals surface area contributed by atoms with Gasteiger partial charge in [0.2, 0.25) is 5.82 Å². The lowest BCUT2D eigenvalue weighted by molar-refractivity contribution is -0.384. The first-order valence-electron chi connectivity index (χ1n) is 8.73. The minimum absolute atomic E-state index is 0.156. The molecule has 1 fully saturated rings. The number of aromatic nitrogens is 2. The zero-order valence-electron chi connectivity index (χ0n) is 14.7. The van der Waals surface area contributed by atoms with Crippen molar-refractivity contribution in [1.29, 1.82) is 0 Å². The highest BCUT2D eigenvalue weighted by molar-refractivity contribution is 5.61. The van der Waals surface area contributed by atoms with Crippen molar-refractivity contribution in [3.05, 3.63) is 46.1 Å². The number of ether oxygens (including phenoxy) is 1. The third kappa shape index (κ3) is 3.75. The Morgan fingerprint density at radius 2 is 1.96 bits per heavy atom. The van der Waals surface area contributed by atoms with Crippen molar-refractivity contribution < 1.29 is 9.66 Å². The van der Waals surface area contributed by atoms with Crippen LogP contribution in [0.4, 0.5) is 11.5 Å². The van der Waals surface area contributed by atoms with Crippen molar-refractivity contribution >= 4 is 11.5 Å². The van der Waals surface area contributed by atoms with E-state index < -0.39 is 0 Å². The van der Waals surface area contributed by atoms with Crippen LogP contribution in [-0.4, -0.2) is 34.4 Å². The van der Waals surface area contributed by atoms with Crippen LogP contribution in [-0.2, 0) is 13.5 Å². The molecular formula is C18H24N4O3. The molecule has 25 heavy (non-hydrogen) atoms. The molecule has 2 heterocycles. The van der Waals surface area contributed by atoms with E-state index in [1.807, 2.05) is 37.3 Å². The van der Waals surface area contributed by atoms with E-state index in [0.717, 1.165) is 31.7 Å². The van der Waals surface area contributed by atoms with E-state index in [2.05, 4.69) is 10.00 Å². The zero-order chi connectivity index (χ0) is 17.8. The highest BCUT2D eigenvalue weighted by atomic mass is 16.6. The Morgan fingerprint density at radius 3 is 2.56 bits per heavy atom. The van der Waals surface area contributed by atoms with Gasteiger partial charge in [0, 0.05) is 20.1 Å². The fraction of sp³-hybridized carbons (Fsp3) is 0.500. The van der Waals surface area contributed by atoms with Crippen molar-refractivity contribution in [3.8, 4) is 5.75 Å². The van der Waals surface area contributed by atoms with E-state index in [4.69, 9.17) is 4.74 Å². The Labute approximate surface area is 147 Å². The quantitative estimate of drug-likeness (QED) is 0.594. The first-order valence-corrected chi connectivity index (χ1v) is 8.73. The zero-order valence-corrected chi connectivity index (χ0v) is 14.7. The first-order chi connectivity index (χ1) is 12.1. The van der Waals surface area contributed by atoms with Crippen LogP contribution >= 0.6 is 0 Å². The molecule has 0 atom stereocenters. The molecule has 0 aliphatic carbocycles. The third-order valence-electron chi connectivity index (χ3n) is 4.72. The van der Waals surface area contributed by atoms with E-state index in [1.54, 1.807) is 11.7 Å². The predicted molar refractivity (Wildman–Crippen MR) is 96.1 cm³/mol. The lowest BCUT2D eigenvalue weighted by Gasteiger charge is -2.32. The Kier molecular flexibility index (Phi) is 5.21. The number of aryl methyl sites for hydroxylation is 2. The van der Waals surface area contributed by atoms with Crippen LogP contribution in [0.5, 0.6) is 5.75 Å². The largest absolute Gasteiger partial charge is 0.493 e. The Hall–Kier alpha value is -2.57. The molecule has 0 spiro atoms. The van der Waals surface area contributed by atoms with E-state index in [1.165, 1.54) is 0 Å². The standard InChI is InChI=1S/C18H24N4O3/c1-3-16-17(22(23)24)18(20(2)19-16)21-11-9-14(10-12-21)13-25-15-7-5-4-6-8-15/h4-8,14H,3,9-13H2,1-2H3. The van der Waals surface area contributed by atoms with E-state index >= 15 is 0 Å². The summed E-state index contributed by atoms with van der Waals surface area (Å²) >= 11 is 0. The van der Waals surface area contributed by atoms with Gasteiger partial charge in [-0.3, -0.25) is 10.1 Å². The molecule has 1 aliphatic heterocycles. The van der Waals surface area contributed by atoms with Crippen LogP contribution in [0.1, 0.15) is 25.5 Å². The number of para-hydroxylation sites is 1.